The first kappa shape index (κ1) is 24.6. The topological polar surface area (TPSA) is 64.1 Å². The molecule has 0 heterocycles. The average Bonchev–Trinajstić information content (AvgIpc) is 2.58. The number of aliphatic imine (C=N–C) groups is 1. The number of halogens is 3. The Morgan fingerprint density at radius 2 is 1.92 bits per heavy atom. The van der Waals surface area contributed by atoms with E-state index in [0.29, 0.717) is 30.4 Å². The van der Waals surface area contributed by atoms with E-state index in [1.54, 1.807) is 19.2 Å². The quantitative estimate of drug-likeness (QED) is 0.318. The van der Waals surface area contributed by atoms with Crippen molar-refractivity contribution in [3.8, 4) is 11.5 Å². The maximum atomic E-state index is 12.6. The standard InChI is InChI=1S/C17H27F2N3O3.HI/c1-6-20-16(22-11-17(2,3)24-5)21-10-12-9-13(23-4)7-8-14(12)25-15(18)19;/h7-9,15H,6,10-11H2,1-5H3,(H2,20,21,22);1H. The zero-order chi connectivity index (χ0) is 18.9. The number of nitrogens with zero attached hydrogens (tertiary/aromatic N) is 1. The molecule has 0 saturated heterocycles. The molecule has 0 radical (unpaired) electrons. The molecule has 0 aromatic heterocycles. The van der Waals surface area contributed by atoms with Crippen LogP contribution in [0.1, 0.15) is 26.3 Å². The molecular weight excluding hydrogens is 459 g/mol. The Morgan fingerprint density at radius 1 is 1.23 bits per heavy atom. The Kier molecular flexibility index (Phi) is 11.5. The molecule has 2 N–H and O–H groups in total. The minimum atomic E-state index is -2.90. The van der Waals surface area contributed by atoms with E-state index in [1.165, 1.54) is 13.2 Å². The van der Waals surface area contributed by atoms with E-state index in [0.717, 1.165) is 0 Å². The second-order valence-corrected chi connectivity index (χ2v) is 5.86. The van der Waals surface area contributed by atoms with E-state index in [1.807, 2.05) is 20.8 Å². The predicted octanol–water partition coefficient (Wildman–Crippen LogP) is 3.39. The van der Waals surface area contributed by atoms with Crippen LogP contribution in [0.2, 0.25) is 0 Å². The zero-order valence-corrected chi connectivity index (χ0v) is 18.1. The maximum Gasteiger partial charge on any atom is 0.387 e. The number of hydrogen-bond donors (Lipinski definition) is 2. The minimum absolute atomic E-state index is 0. The molecule has 0 amide bonds. The monoisotopic (exact) mass is 487 g/mol. The lowest BCUT2D eigenvalue weighted by atomic mass is 10.1. The summed E-state index contributed by atoms with van der Waals surface area (Å²) in [7, 11) is 3.14. The van der Waals surface area contributed by atoms with Crippen molar-refractivity contribution >= 4 is 29.9 Å². The molecule has 0 spiro atoms. The van der Waals surface area contributed by atoms with Gasteiger partial charge in [-0.3, -0.25) is 0 Å². The van der Waals surface area contributed by atoms with Crippen LogP contribution < -0.4 is 20.1 Å². The summed E-state index contributed by atoms with van der Waals surface area (Å²) in [5.41, 5.74) is 0.138. The number of ether oxygens (including phenoxy) is 3. The lowest BCUT2D eigenvalue weighted by molar-refractivity contribution is -0.0504. The van der Waals surface area contributed by atoms with Crippen LogP contribution in [0.3, 0.4) is 0 Å². The first-order valence-corrected chi connectivity index (χ1v) is 8.00. The van der Waals surface area contributed by atoms with Gasteiger partial charge in [-0.05, 0) is 39.0 Å². The molecule has 9 heteroatoms. The normalized spacial score (nSPS) is 11.8. The average molecular weight is 487 g/mol. The van der Waals surface area contributed by atoms with Crippen molar-refractivity contribution in [2.24, 2.45) is 4.99 Å². The van der Waals surface area contributed by atoms with Crippen LogP contribution in [0.4, 0.5) is 8.78 Å². The summed E-state index contributed by atoms with van der Waals surface area (Å²) >= 11 is 0. The summed E-state index contributed by atoms with van der Waals surface area (Å²) in [5.74, 6) is 1.18. The van der Waals surface area contributed by atoms with E-state index in [2.05, 4.69) is 20.4 Å². The van der Waals surface area contributed by atoms with Gasteiger partial charge in [0.1, 0.15) is 11.5 Å². The van der Waals surface area contributed by atoms with Crippen molar-refractivity contribution in [3.63, 3.8) is 0 Å². The van der Waals surface area contributed by atoms with E-state index >= 15 is 0 Å². The summed E-state index contributed by atoms with van der Waals surface area (Å²) in [6, 6.07) is 4.64. The SMILES string of the molecule is CCNC(=NCc1cc(OC)ccc1OC(F)F)NCC(C)(C)OC.I. The molecule has 26 heavy (non-hydrogen) atoms. The second-order valence-electron chi connectivity index (χ2n) is 5.86. The van der Waals surface area contributed by atoms with Crippen LogP contribution >= 0.6 is 24.0 Å². The molecule has 150 valence electrons. The highest BCUT2D eigenvalue weighted by Gasteiger charge is 2.17. The predicted molar refractivity (Wildman–Crippen MR) is 109 cm³/mol. The first-order chi connectivity index (χ1) is 11.8. The number of nitrogens with one attached hydrogen (secondary N) is 2. The van der Waals surface area contributed by atoms with Crippen molar-refractivity contribution in [1.82, 2.24) is 10.6 Å². The van der Waals surface area contributed by atoms with Gasteiger partial charge in [-0.25, -0.2) is 4.99 Å². The maximum absolute atomic E-state index is 12.6. The largest absolute Gasteiger partial charge is 0.497 e. The number of alkyl halides is 2. The van der Waals surface area contributed by atoms with Gasteiger partial charge in [0.15, 0.2) is 5.96 Å². The zero-order valence-electron chi connectivity index (χ0n) is 15.8. The Bertz CT molecular complexity index is 572. The third-order valence-corrected chi connectivity index (χ3v) is 3.47. The highest BCUT2D eigenvalue weighted by Crippen LogP contribution is 2.26. The van der Waals surface area contributed by atoms with Gasteiger partial charge in [-0.15, -0.1) is 24.0 Å². The smallest absolute Gasteiger partial charge is 0.387 e. The third kappa shape index (κ3) is 8.84. The molecule has 0 atom stereocenters. The molecule has 0 saturated carbocycles. The molecule has 6 nitrogen and oxygen atoms in total. The summed E-state index contributed by atoms with van der Waals surface area (Å²) in [4.78, 5) is 4.42. The minimum Gasteiger partial charge on any atom is -0.497 e. The Labute approximate surface area is 170 Å². The van der Waals surface area contributed by atoms with Gasteiger partial charge in [0.25, 0.3) is 0 Å². The molecule has 0 unspecified atom stereocenters. The molecule has 0 bridgehead atoms. The number of benzene rings is 1. The van der Waals surface area contributed by atoms with Crippen molar-refractivity contribution in [1.29, 1.82) is 0 Å². The number of guanidine groups is 1. The fraction of sp³-hybridized carbons (Fsp3) is 0.588. The van der Waals surface area contributed by atoms with Gasteiger partial charge in [0.05, 0.1) is 19.3 Å². The highest BCUT2D eigenvalue weighted by atomic mass is 127. The fourth-order valence-electron chi connectivity index (χ4n) is 1.89. The Balaban J connectivity index is 0.00000625. The fourth-order valence-corrected chi connectivity index (χ4v) is 1.89. The van der Waals surface area contributed by atoms with Crippen LogP contribution in [-0.4, -0.2) is 45.5 Å². The molecule has 1 aromatic rings. The molecule has 1 rings (SSSR count). The molecule has 0 fully saturated rings. The molecule has 0 aliphatic rings. The van der Waals surface area contributed by atoms with Crippen molar-refractivity contribution in [2.45, 2.75) is 39.5 Å². The van der Waals surface area contributed by atoms with Gasteiger partial charge >= 0.3 is 6.61 Å². The summed E-state index contributed by atoms with van der Waals surface area (Å²) < 4.78 is 40.2. The van der Waals surface area contributed by atoms with E-state index < -0.39 is 6.61 Å². The summed E-state index contributed by atoms with van der Waals surface area (Å²) in [6.07, 6.45) is 0. The van der Waals surface area contributed by atoms with E-state index in [-0.39, 0.29) is 41.9 Å². The van der Waals surface area contributed by atoms with Gasteiger partial charge in [0.2, 0.25) is 0 Å². The molecular formula is C17H28F2IN3O3. The lowest BCUT2D eigenvalue weighted by Gasteiger charge is -2.24. The number of hydrogen-bond acceptors (Lipinski definition) is 4. The van der Waals surface area contributed by atoms with Gasteiger partial charge in [-0.2, -0.15) is 8.78 Å². The molecule has 1 aromatic carbocycles. The van der Waals surface area contributed by atoms with Crippen LogP contribution in [0.25, 0.3) is 0 Å². The summed E-state index contributed by atoms with van der Waals surface area (Å²) in [6.45, 7) is 4.29. The van der Waals surface area contributed by atoms with Crippen LogP contribution in [0.5, 0.6) is 11.5 Å². The van der Waals surface area contributed by atoms with Gasteiger partial charge in [0, 0.05) is 25.8 Å². The van der Waals surface area contributed by atoms with Gasteiger partial charge in [-0.1, -0.05) is 0 Å². The Morgan fingerprint density at radius 3 is 2.46 bits per heavy atom. The number of methoxy groups -OCH3 is 2. The highest BCUT2D eigenvalue weighted by molar-refractivity contribution is 14.0. The first-order valence-electron chi connectivity index (χ1n) is 8.00. The van der Waals surface area contributed by atoms with Crippen molar-refractivity contribution in [2.75, 3.05) is 27.3 Å². The van der Waals surface area contributed by atoms with Crippen LogP contribution in [0.15, 0.2) is 23.2 Å². The van der Waals surface area contributed by atoms with Crippen molar-refractivity contribution in [3.05, 3.63) is 23.8 Å². The second kappa shape index (κ2) is 12.1. The van der Waals surface area contributed by atoms with E-state index in [4.69, 9.17) is 9.47 Å². The molecule has 0 aliphatic carbocycles. The molecule has 0 aliphatic heterocycles. The van der Waals surface area contributed by atoms with Crippen molar-refractivity contribution < 1.29 is 23.0 Å². The summed E-state index contributed by atoms with van der Waals surface area (Å²) in [5, 5.41) is 6.27. The van der Waals surface area contributed by atoms with Crippen LogP contribution in [-0.2, 0) is 11.3 Å². The van der Waals surface area contributed by atoms with Crippen LogP contribution in [0, 0.1) is 0 Å². The van der Waals surface area contributed by atoms with Gasteiger partial charge < -0.3 is 24.8 Å². The third-order valence-electron chi connectivity index (χ3n) is 3.47. The van der Waals surface area contributed by atoms with E-state index in [9.17, 15) is 8.78 Å². The lowest BCUT2D eigenvalue weighted by Crippen LogP contribution is -2.45. The number of rotatable bonds is 9. The Hall–Kier alpha value is -1.36.